The van der Waals surface area contributed by atoms with Gasteiger partial charge in [0.2, 0.25) is 0 Å². The lowest BCUT2D eigenvalue weighted by molar-refractivity contribution is -0.119. The fourth-order valence-electron chi connectivity index (χ4n) is 4.33. The van der Waals surface area contributed by atoms with Gasteiger partial charge in [-0.05, 0) is 38.5 Å². The number of hydrogen-bond donors (Lipinski definition) is 0. The van der Waals surface area contributed by atoms with Gasteiger partial charge in [0.15, 0.2) is 0 Å². The van der Waals surface area contributed by atoms with Crippen molar-refractivity contribution in [2.45, 2.75) is 174 Å². The first-order chi connectivity index (χ1) is 15.3. The van der Waals surface area contributed by atoms with Crippen molar-refractivity contribution in [3.63, 3.8) is 0 Å². The van der Waals surface area contributed by atoms with Crippen LogP contribution in [-0.2, 0) is 4.79 Å². The van der Waals surface area contributed by atoms with Crippen molar-refractivity contribution in [2.75, 3.05) is 0 Å². The predicted octanol–water partition coefficient (Wildman–Crippen LogP) is 10.9. The fourth-order valence-corrected chi connectivity index (χ4v) is 4.33. The predicted molar refractivity (Wildman–Crippen MR) is 141 cm³/mol. The van der Waals surface area contributed by atoms with E-state index < -0.39 is 0 Å². The summed E-state index contributed by atoms with van der Waals surface area (Å²) in [6.07, 6.45) is 37.1. The second-order valence-corrected chi connectivity index (χ2v) is 9.80. The minimum atomic E-state index is 0.512. The average molecular weight is 435 g/mol. The second kappa shape index (κ2) is 27.4. The summed E-state index contributed by atoms with van der Waals surface area (Å²) in [6, 6.07) is 0. The standard InChI is InChI=1S/C30H58O/c1-3-5-7-9-11-13-14-15-16-17-18-19-21-23-25-27-29-30(31)28-26-24-22-20-12-10-8-6-4-2/h15-16H,3-14,17-29H2,1-2H3/b16-15-. The molecule has 1 nitrogen and oxygen atoms in total. The van der Waals surface area contributed by atoms with Crippen LogP contribution in [0.1, 0.15) is 174 Å². The van der Waals surface area contributed by atoms with E-state index in [1.54, 1.807) is 0 Å². The molecule has 0 aliphatic rings. The first kappa shape index (κ1) is 30.4. The topological polar surface area (TPSA) is 17.1 Å². The van der Waals surface area contributed by atoms with Gasteiger partial charge in [0.05, 0.1) is 0 Å². The van der Waals surface area contributed by atoms with Crippen LogP contribution < -0.4 is 0 Å². The molecule has 0 radical (unpaired) electrons. The van der Waals surface area contributed by atoms with Gasteiger partial charge in [-0.1, -0.05) is 135 Å². The zero-order valence-electron chi connectivity index (χ0n) is 21.7. The van der Waals surface area contributed by atoms with Crippen molar-refractivity contribution in [3.8, 4) is 0 Å². The molecule has 0 atom stereocenters. The van der Waals surface area contributed by atoms with Crippen LogP contribution in [-0.4, -0.2) is 5.78 Å². The summed E-state index contributed by atoms with van der Waals surface area (Å²) in [5.41, 5.74) is 0. The molecule has 0 amide bonds. The molecule has 0 unspecified atom stereocenters. The van der Waals surface area contributed by atoms with Gasteiger partial charge in [0, 0.05) is 12.8 Å². The minimum absolute atomic E-state index is 0.512. The molecule has 0 N–H and O–H groups in total. The number of Topliss-reactive ketones (excluding diaryl/α,β-unsaturated/α-hetero) is 1. The molecular formula is C30H58O. The third kappa shape index (κ3) is 27.4. The number of unbranched alkanes of at least 4 members (excludes halogenated alkanes) is 20. The van der Waals surface area contributed by atoms with E-state index >= 15 is 0 Å². The Morgan fingerprint density at radius 2 is 0.710 bits per heavy atom. The Hall–Kier alpha value is -0.590. The van der Waals surface area contributed by atoms with Crippen molar-refractivity contribution in [3.05, 3.63) is 12.2 Å². The fraction of sp³-hybridized carbons (Fsp3) is 0.900. The Morgan fingerprint density at radius 3 is 1.06 bits per heavy atom. The molecule has 0 fully saturated rings. The number of hydrogen-bond acceptors (Lipinski definition) is 1. The maximum Gasteiger partial charge on any atom is 0.132 e. The molecule has 31 heavy (non-hydrogen) atoms. The number of rotatable bonds is 26. The monoisotopic (exact) mass is 434 g/mol. The lowest BCUT2D eigenvalue weighted by Crippen LogP contribution is -1.97. The normalized spacial score (nSPS) is 11.5. The van der Waals surface area contributed by atoms with E-state index in [-0.39, 0.29) is 0 Å². The summed E-state index contributed by atoms with van der Waals surface area (Å²) in [7, 11) is 0. The molecule has 0 rings (SSSR count). The Balaban J connectivity index is 3.19. The summed E-state index contributed by atoms with van der Waals surface area (Å²) in [5, 5.41) is 0. The Bertz CT molecular complexity index is 371. The number of carbonyl (C=O) groups is 1. The molecule has 0 bridgehead atoms. The summed E-state index contributed by atoms with van der Waals surface area (Å²) in [4.78, 5) is 12.0. The Morgan fingerprint density at radius 1 is 0.419 bits per heavy atom. The van der Waals surface area contributed by atoms with Crippen molar-refractivity contribution >= 4 is 5.78 Å². The number of carbonyl (C=O) groups excluding carboxylic acids is 1. The molecule has 184 valence electrons. The molecule has 0 heterocycles. The minimum Gasteiger partial charge on any atom is -0.300 e. The van der Waals surface area contributed by atoms with E-state index in [4.69, 9.17) is 0 Å². The van der Waals surface area contributed by atoms with Gasteiger partial charge in [-0.3, -0.25) is 4.79 Å². The van der Waals surface area contributed by atoms with E-state index in [2.05, 4.69) is 26.0 Å². The maximum absolute atomic E-state index is 12.0. The average Bonchev–Trinajstić information content (AvgIpc) is 2.77. The molecule has 0 aromatic rings. The highest BCUT2D eigenvalue weighted by atomic mass is 16.1. The molecule has 0 saturated carbocycles. The molecule has 0 saturated heterocycles. The van der Waals surface area contributed by atoms with Crippen LogP contribution in [0.15, 0.2) is 12.2 Å². The Labute approximate surface area is 197 Å². The quantitative estimate of drug-likeness (QED) is 0.0976. The highest BCUT2D eigenvalue weighted by Gasteiger charge is 2.02. The zero-order chi connectivity index (χ0) is 22.7. The van der Waals surface area contributed by atoms with Crippen molar-refractivity contribution in [1.82, 2.24) is 0 Å². The van der Waals surface area contributed by atoms with E-state index in [9.17, 15) is 4.79 Å². The van der Waals surface area contributed by atoms with Gasteiger partial charge in [-0.25, -0.2) is 0 Å². The molecule has 0 aromatic carbocycles. The van der Waals surface area contributed by atoms with Crippen molar-refractivity contribution in [1.29, 1.82) is 0 Å². The van der Waals surface area contributed by atoms with E-state index in [1.807, 2.05) is 0 Å². The van der Waals surface area contributed by atoms with Crippen LogP contribution in [0.3, 0.4) is 0 Å². The summed E-state index contributed by atoms with van der Waals surface area (Å²) >= 11 is 0. The van der Waals surface area contributed by atoms with Gasteiger partial charge in [0.1, 0.15) is 5.78 Å². The molecule has 0 aromatic heterocycles. The van der Waals surface area contributed by atoms with Crippen LogP contribution in [0.4, 0.5) is 0 Å². The van der Waals surface area contributed by atoms with Gasteiger partial charge in [-0.15, -0.1) is 0 Å². The smallest absolute Gasteiger partial charge is 0.132 e. The summed E-state index contributed by atoms with van der Waals surface area (Å²) < 4.78 is 0. The van der Waals surface area contributed by atoms with Crippen LogP contribution in [0.2, 0.25) is 0 Å². The zero-order valence-corrected chi connectivity index (χ0v) is 21.7. The highest BCUT2D eigenvalue weighted by Crippen LogP contribution is 2.13. The third-order valence-corrected chi connectivity index (χ3v) is 6.53. The lowest BCUT2D eigenvalue weighted by atomic mass is 10.0. The van der Waals surface area contributed by atoms with Crippen LogP contribution in [0, 0.1) is 0 Å². The highest BCUT2D eigenvalue weighted by molar-refractivity contribution is 5.78. The molecule has 0 spiro atoms. The molecule has 1 heteroatoms. The number of allylic oxidation sites excluding steroid dienone is 2. The van der Waals surface area contributed by atoms with E-state index in [1.165, 1.54) is 135 Å². The first-order valence-corrected chi connectivity index (χ1v) is 14.5. The van der Waals surface area contributed by atoms with E-state index in [0.717, 1.165) is 25.7 Å². The van der Waals surface area contributed by atoms with Gasteiger partial charge < -0.3 is 0 Å². The Kier molecular flexibility index (Phi) is 26.9. The largest absolute Gasteiger partial charge is 0.300 e. The third-order valence-electron chi connectivity index (χ3n) is 6.53. The van der Waals surface area contributed by atoms with Gasteiger partial charge in [-0.2, -0.15) is 0 Å². The molecule has 0 aliphatic heterocycles. The first-order valence-electron chi connectivity index (χ1n) is 14.5. The van der Waals surface area contributed by atoms with Gasteiger partial charge in [0.25, 0.3) is 0 Å². The number of ketones is 1. The second-order valence-electron chi connectivity index (χ2n) is 9.80. The molecular weight excluding hydrogens is 376 g/mol. The van der Waals surface area contributed by atoms with Crippen LogP contribution in [0.25, 0.3) is 0 Å². The van der Waals surface area contributed by atoms with Gasteiger partial charge >= 0.3 is 0 Å². The van der Waals surface area contributed by atoms with Crippen molar-refractivity contribution < 1.29 is 4.79 Å². The SMILES string of the molecule is CCCCCCCC/C=C\CCCCCCCCC(=O)CCCCCCCCCCC. The molecule has 0 aliphatic carbocycles. The lowest BCUT2D eigenvalue weighted by Gasteiger charge is -2.03. The van der Waals surface area contributed by atoms with Crippen LogP contribution >= 0.6 is 0 Å². The van der Waals surface area contributed by atoms with Crippen molar-refractivity contribution in [2.24, 2.45) is 0 Å². The van der Waals surface area contributed by atoms with Crippen LogP contribution in [0.5, 0.6) is 0 Å². The maximum atomic E-state index is 12.0. The summed E-state index contributed by atoms with van der Waals surface area (Å²) in [5.74, 6) is 0.512. The van der Waals surface area contributed by atoms with E-state index in [0.29, 0.717) is 5.78 Å². The summed E-state index contributed by atoms with van der Waals surface area (Å²) in [6.45, 7) is 4.55.